The smallest absolute Gasteiger partial charge is 0.216 e. The van der Waals surface area contributed by atoms with Gasteiger partial charge in [-0.15, -0.1) is 0 Å². The van der Waals surface area contributed by atoms with Gasteiger partial charge in [0.1, 0.15) is 0 Å². The first-order chi connectivity index (χ1) is 6.07. The summed E-state index contributed by atoms with van der Waals surface area (Å²) >= 11 is 0. The third-order valence-corrected chi connectivity index (χ3v) is 2.48. The van der Waals surface area contributed by atoms with Gasteiger partial charge in [0.05, 0.1) is 0 Å². The molecule has 0 spiro atoms. The highest BCUT2D eigenvalue weighted by molar-refractivity contribution is 5.72. The van der Waals surface area contributed by atoms with Gasteiger partial charge in [-0.3, -0.25) is 4.79 Å². The summed E-state index contributed by atoms with van der Waals surface area (Å²) in [5.74, 6) is 1.39. The molecule has 0 saturated carbocycles. The summed E-state index contributed by atoms with van der Waals surface area (Å²) in [6.45, 7) is 9.07. The zero-order chi connectivity index (χ0) is 10.3. The predicted octanol–water partition coefficient (Wildman–Crippen LogP) is 2.58. The van der Waals surface area contributed by atoms with Crippen LogP contribution in [0.1, 0.15) is 47.0 Å². The summed E-state index contributed by atoms with van der Waals surface area (Å²) in [6.07, 6.45) is 3.74. The second-order valence-electron chi connectivity index (χ2n) is 4.08. The zero-order valence-corrected chi connectivity index (χ0v) is 9.39. The minimum absolute atomic E-state index is 0.0853. The lowest BCUT2D eigenvalue weighted by Crippen LogP contribution is -2.29. The van der Waals surface area contributed by atoms with Crippen LogP contribution < -0.4 is 5.32 Å². The summed E-state index contributed by atoms with van der Waals surface area (Å²) < 4.78 is 0. The van der Waals surface area contributed by atoms with Gasteiger partial charge in [0.2, 0.25) is 5.91 Å². The van der Waals surface area contributed by atoms with Gasteiger partial charge in [0.25, 0.3) is 0 Å². The van der Waals surface area contributed by atoms with Crippen LogP contribution in [0.2, 0.25) is 0 Å². The minimum Gasteiger partial charge on any atom is -0.356 e. The summed E-state index contributed by atoms with van der Waals surface area (Å²) in [6, 6.07) is 0. The summed E-state index contributed by atoms with van der Waals surface area (Å²) in [7, 11) is 0. The molecule has 0 aromatic rings. The molecule has 0 radical (unpaired) electrons. The highest BCUT2D eigenvalue weighted by atomic mass is 16.1. The van der Waals surface area contributed by atoms with Crippen LogP contribution in [-0.4, -0.2) is 12.5 Å². The van der Waals surface area contributed by atoms with Crippen molar-refractivity contribution in [3.05, 3.63) is 0 Å². The highest BCUT2D eigenvalue weighted by Gasteiger charge is 2.12. The largest absolute Gasteiger partial charge is 0.356 e. The van der Waals surface area contributed by atoms with Crippen LogP contribution >= 0.6 is 0 Å². The van der Waals surface area contributed by atoms with Crippen molar-refractivity contribution in [2.24, 2.45) is 11.8 Å². The number of amides is 1. The maximum Gasteiger partial charge on any atom is 0.216 e. The molecule has 1 N–H and O–H groups in total. The van der Waals surface area contributed by atoms with Gasteiger partial charge in [-0.2, -0.15) is 0 Å². The molecule has 78 valence electrons. The van der Waals surface area contributed by atoms with E-state index >= 15 is 0 Å². The Morgan fingerprint density at radius 1 is 1.38 bits per heavy atom. The standard InChI is InChI=1S/C11H23NO/c1-5-6-7-11(9(2)3)8-12-10(4)13/h9,11H,5-8H2,1-4H3,(H,12,13)/t11-/m1/s1. The zero-order valence-electron chi connectivity index (χ0n) is 9.39. The summed E-state index contributed by atoms with van der Waals surface area (Å²) in [5.41, 5.74) is 0. The molecule has 13 heavy (non-hydrogen) atoms. The molecule has 0 saturated heterocycles. The fourth-order valence-electron chi connectivity index (χ4n) is 1.41. The van der Waals surface area contributed by atoms with Crippen molar-refractivity contribution in [1.82, 2.24) is 5.32 Å². The van der Waals surface area contributed by atoms with Crippen molar-refractivity contribution in [2.45, 2.75) is 47.0 Å². The van der Waals surface area contributed by atoms with Gasteiger partial charge < -0.3 is 5.32 Å². The number of rotatable bonds is 6. The lowest BCUT2D eigenvalue weighted by Gasteiger charge is -2.20. The fourth-order valence-corrected chi connectivity index (χ4v) is 1.41. The fraction of sp³-hybridized carbons (Fsp3) is 0.909. The third-order valence-electron chi connectivity index (χ3n) is 2.48. The molecule has 0 heterocycles. The van der Waals surface area contributed by atoms with Gasteiger partial charge >= 0.3 is 0 Å². The maximum absolute atomic E-state index is 10.7. The Morgan fingerprint density at radius 3 is 2.38 bits per heavy atom. The minimum atomic E-state index is 0.0853. The van der Waals surface area contributed by atoms with Gasteiger partial charge in [-0.05, 0) is 18.3 Å². The van der Waals surface area contributed by atoms with E-state index in [0.717, 1.165) is 6.54 Å². The Kier molecular flexibility index (Phi) is 6.65. The normalized spacial score (nSPS) is 13.0. The van der Waals surface area contributed by atoms with Crippen molar-refractivity contribution in [2.75, 3.05) is 6.54 Å². The molecular formula is C11H23NO. The topological polar surface area (TPSA) is 29.1 Å². The Balaban J connectivity index is 3.73. The molecule has 0 fully saturated rings. The van der Waals surface area contributed by atoms with Crippen molar-refractivity contribution >= 4 is 5.91 Å². The number of hydrogen-bond donors (Lipinski definition) is 1. The SMILES string of the molecule is CCCC[C@H](CNC(C)=O)C(C)C. The second-order valence-corrected chi connectivity index (χ2v) is 4.08. The van der Waals surface area contributed by atoms with Crippen LogP contribution in [-0.2, 0) is 4.79 Å². The van der Waals surface area contributed by atoms with E-state index in [2.05, 4.69) is 26.1 Å². The van der Waals surface area contributed by atoms with Crippen LogP contribution in [0.3, 0.4) is 0 Å². The molecule has 1 amide bonds. The molecule has 0 aliphatic heterocycles. The summed E-state index contributed by atoms with van der Waals surface area (Å²) in [5, 5.41) is 2.90. The average molecular weight is 185 g/mol. The molecular weight excluding hydrogens is 162 g/mol. The number of carbonyl (C=O) groups is 1. The van der Waals surface area contributed by atoms with E-state index < -0.39 is 0 Å². The maximum atomic E-state index is 10.7. The summed E-state index contributed by atoms with van der Waals surface area (Å²) in [4.78, 5) is 10.7. The van der Waals surface area contributed by atoms with Crippen LogP contribution in [0.25, 0.3) is 0 Å². The van der Waals surface area contributed by atoms with Crippen LogP contribution in [0.15, 0.2) is 0 Å². The lowest BCUT2D eigenvalue weighted by molar-refractivity contribution is -0.119. The van der Waals surface area contributed by atoms with Gasteiger partial charge in [-0.1, -0.05) is 33.6 Å². The molecule has 0 aromatic heterocycles. The first-order valence-electron chi connectivity index (χ1n) is 5.32. The van der Waals surface area contributed by atoms with Crippen molar-refractivity contribution in [3.8, 4) is 0 Å². The van der Waals surface area contributed by atoms with Crippen molar-refractivity contribution < 1.29 is 4.79 Å². The first-order valence-corrected chi connectivity index (χ1v) is 5.32. The first kappa shape index (κ1) is 12.5. The van der Waals surface area contributed by atoms with E-state index in [4.69, 9.17) is 0 Å². The molecule has 0 unspecified atom stereocenters. The Hall–Kier alpha value is -0.530. The molecule has 0 aromatic carbocycles. The molecule has 1 atom stereocenters. The van der Waals surface area contributed by atoms with E-state index in [9.17, 15) is 4.79 Å². The molecule has 2 heteroatoms. The van der Waals surface area contributed by atoms with Crippen LogP contribution in [0.4, 0.5) is 0 Å². The van der Waals surface area contributed by atoms with Crippen molar-refractivity contribution in [1.29, 1.82) is 0 Å². The van der Waals surface area contributed by atoms with E-state index in [1.165, 1.54) is 19.3 Å². The Bertz CT molecular complexity index is 143. The molecule has 0 aliphatic carbocycles. The number of unbranched alkanes of at least 4 members (excludes halogenated alkanes) is 1. The van der Waals surface area contributed by atoms with E-state index in [-0.39, 0.29) is 5.91 Å². The van der Waals surface area contributed by atoms with E-state index in [1.54, 1.807) is 6.92 Å². The van der Waals surface area contributed by atoms with Gasteiger partial charge in [0, 0.05) is 13.5 Å². The van der Waals surface area contributed by atoms with E-state index in [1.807, 2.05) is 0 Å². The molecule has 0 aliphatic rings. The number of hydrogen-bond acceptors (Lipinski definition) is 1. The number of nitrogens with one attached hydrogen (secondary N) is 1. The van der Waals surface area contributed by atoms with Crippen LogP contribution in [0, 0.1) is 11.8 Å². The Labute approximate surface area is 82.1 Å². The van der Waals surface area contributed by atoms with E-state index in [0.29, 0.717) is 11.8 Å². The highest BCUT2D eigenvalue weighted by Crippen LogP contribution is 2.16. The van der Waals surface area contributed by atoms with Gasteiger partial charge in [0.15, 0.2) is 0 Å². The Morgan fingerprint density at radius 2 is 2.00 bits per heavy atom. The molecule has 0 bridgehead atoms. The predicted molar refractivity (Wildman–Crippen MR) is 56.5 cm³/mol. The molecule has 2 nitrogen and oxygen atoms in total. The second kappa shape index (κ2) is 6.93. The third kappa shape index (κ3) is 6.62. The van der Waals surface area contributed by atoms with Gasteiger partial charge in [-0.25, -0.2) is 0 Å². The number of carbonyl (C=O) groups excluding carboxylic acids is 1. The quantitative estimate of drug-likeness (QED) is 0.677. The average Bonchev–Trinajstić information content (AvgIpc) is 2.03. The van der Waals surface area contributed by atoms with Crippen LogP contribution in [0.5, 0.6) is 0 Å². The lowest BCUT2D eigenvalue weighted by atomic mass is 9.90. The van der Waals surface area contributed by atoms with Crippen molar-refractivity contribution in [3.63, 3.8) is 0 Å². The molecule has 0 rings (SSSR count). The monoisotopic (exact) mass is 185 g/mol.